The minimum absolute atomic E-state index is 0.0517. The molecule has 0 bridgehead atoms. The summed E-state index contributed by atoms with van der Waals surface area (Å²) in [5.41, 5.74) is 1.33. The van der Waals surface area contributed by atoms with Crippen LogP contribution >= 0.6 is 11.3 Å². The summed E-state index contributed by atoms with van der Waals surface area (Å²) >= 11 is 0.213. The largest absolute Gasteiger partial charge is 0.477 e. The van der Waals surface area contributed by atoms with Crippen molar-refractivity contribution < 1.29 is 23.1 Å². The fourth-order valence-electron chi connectivity index (χ4n) is 1.64. The summed E-state index contributed by atoms with van der Waals surface area (Å²) in [6.07, 6.45) is -4.56. The Morgan fingerprint density at radius 2 is 1.90 bits per heavy atom. The van der Waals surface area contributed by atoms with Gasteiger partial charge in [-0.15, -0.1) is 11.3 Å². The lowest BCUT2D eigenvalue weighted by Gasteiger charge is -2.08. The minimum Gasteiger partial charge on any atom is -0.477 e. The van der Waals surface area contributed by atoms with Crippen molar-refractivity contribution in [3.05, 3.63) is 45.6 Å². The molecule has 0 saturated carbocycles. The van der Waals surface area contributed by atoms with Crippen molar-refractivity contribution in [2.24, 2.45) is 0 Å². The van der Waals surface area contributed by atoms with Crippen LogP contribution in [0.5, 0.6) is 0 Å². The van der Waals surface area contributed by atoms with Crippen molar-refractivity contribution in [3.8, 4) is 0 Å². The Kier molecular flexibility index (Phi) is 3.71. The van der Waals surface area contributed by atoms with Crippen molar-refractivity contribution in [2.45, 2.75) is 13.1 Å². The highest BCUT2D eigenvalue weighted by molar-refractivity contribution is 7.14. The van der Waals surface area contributed by atoms with Gasteiger partial charge in [-0.2, -0.15) is 13.2 Å². The molecule has 3 nitrogen and oxygen atoms in total. The van der Waals surface area contributed by atoms with Crippen LogP contribution in [-0.2, 0) is 6.18 Å². The second-order valence-electron chi connectivity index (χ2n) is 4.10. The number of carboxylic acids is 1. The number of para-hydroxylation sites is 1. The highest BCUT2D eigenvalue weighted by Gasteiger charge is 2.35. The fraction of sp³-hybridized carbons (Fsp3) is 0.154. The van der Waals surface area contributed by atoms with E-state index in [1.165, 1.54) is 0 Å². The Morgan fingerprint density at radius 3 is 2.45 bits per heavy atom. The molecule has 2 aromatic rings. The zero-order valence-corrected chi connectivity index (χ0v) is 11.1. The highest BCUT2D eigenvalue weighted by atomic mass is 32.1. The van der Waals surface area contributed by atoms with Crippen LogP contribution in [0.4, 0.5) is 24.5 Å². The molecule has 0 aliphatic rings. The van der Waals surface area contributed by atoms with E-state index in [9.17, 15) is 18.0 Å². The molecule has 0 aliphatic heterocycles. The molecule has 7 heteroatoms. The number of hydrogen-bond donors (Lipinski definition) is 2. The maximum Gasteiger partial charge on any atom is 0.425 e. The monoisotopic (exact) mass is 301 g/mol. The van der Waals surface area contributed by atoms with Crippen LogP contribution in [0.3, 0.4) is 0 Å². The molecule has 2 rings (SSSR count). The van der Waals surface area contributed by atoms with Gasteiger partial charge in [-0.25, -0.2) is 4.79 Å². The van der Waals surface area contributed by atoms with Crippen LogP contribution in [-0.4, -0.2) is 11.1 Å². The quantitative estimate of drug-likeness (QED) is 0.876. The fourth-order valence-corrected chi connectivity index (χ4v) is 2.46. The molecule has 0 unspecified atom stereocenters. The van der Waals surface area contributed by atoms with E-state index >= 15 is 0 Å². The van der Waals surface area contributed by atoms with E-state index in [-0.39, 0.29) is 21.9 Å². The zero-order chi connectivity index (χ0) is 14.9. The number of rotatable bonds is 3. The molecule has 20 heavy (non-hydrogen) atoms. The molecule has 106 valence electrons. The number of hydrogen-bond acceptors (Lipinski definition) is 3. The molecule has 1 heterocycles. The first-order valence-electron chi connectivity index (χ1n) is 5.56. The van der Waals surface area contributed by atoms with Gasteiger partial charge in [0.1, 0.15) is 9.75 Å². The number of anilines is 2. The molecule has 0 atom stereocenters. The van der Waals surface area contributed by atoms with Gasteiger partial charge >= 0.3 is 12.1 Å². The Morgan fingerprint density at radius 1 is 1.25 bits per heavy atom. The van der Waals surface area contributed by atoms with E-state index in [2.05, 4.69) is 5.32 Å². The molecule has 0 aliphatic carbocycles. The average Bonchev–Trinajstić information content (AvgIpc) is 2.76. The van der Waals surface area contributed by atoms with Gasteiger partial charge in [0.2, 0.25) is 0 Å². The van der Waals surface area contributed by atoms with E-state index in [0.29, 0.717) is 5.69 Å². The van der Waals surface area contributed by atoms with E-state index < -0.39 is 17.0 Å². The Balaban J connectivity index is 2.43. The van der Waals surface area contributed by atoms with Crippen molar-refractivity contribution in [1.29, 1.82) is 0 Å². The zero-order valence-electron chi connectivity index (χ0n) is 10.3. The number of aryl methyl sites for hydroxylation is 1. The Hall–Kier alpha value is -2.02. The normalized spacial score (nSPS) is 11.4. The number of alkyl halides is 3. The van der Waals surface area contributed by atoms with Gasteiger partial charge in [0, 0.05) is 5.69 Å². The van der Waals surface area contributed by atoms with Crippen LogP contribution in [0.1, 0.15) is 20.1 Å². The number of carboxylic acid groups (broad SMARTS) is 1. The highest BCUT2D eigenvalue weighted by Crippen LogP contribution is 2.40. The number of benzene rings is 1. The maximum atomic E-state index is 12.7. The Bertz CT molecular complexity index is 649. The van der Waals surface area contributed by atoms with E-state index in [4.69, 9.17) is 5.11 Å². The van der Waals surface area contributed by atoms with Crippen molar-refractivity contribution in [1.82, 2.24) is 0 Å². The first-order chi connectivity index (χ1) is 9.29. The second-order valence-corrected chi connectivity index (χ2v) is 5.15. The van der Waals surface area contributed by atoms with Crippen LogP contribution in [0.2, 0.25) is 0 Å². The molecule has 0 fully saturated rings. The minimum atomic E-state index is -4.56. The lowest BCUT2D eigenvalue weighted by molar-refractivity contribution is -0.134. The summed E-state index contributed by atoms with van der Waals surface area (Å²) in [5, 5.41) is 11.7. The summed E-state index contributed by atoms with van der Waals surface area (Å²) in [6.45, 7) is 1.78. The lowest BCUT2D eigenvalue weighted by Crippen LogP contribution is -2.01. The standard InChI is InChI=1S/C13H10F3NO2S/c1-7-4-2-3-5-8(7)17-9-6-10(13(14,15)16)20-11(9)12(18)19/h2-6,17H,1H3,(H,18,19). The molecule has 0 spiro atoms. The molecule has 0 amide bonds. The van der Waals surface area contributed by atoms with Crippen LogP contribution in [0.15, 0.2) is 30.3 Å². The van der Waals surface area contributed by atoms with Crippen molar-refractivity contribution >= 4 is 28.7 Å². The average molecular weight is 301 g/mol. The number of nitrogens with one attached hydrogen (secondary N) is 1. The van der Waals surface area contributed by atoms with E-state index in [1.807, 2.05) is 0 Å². The summed E-state index contributed by atoms with van der Waals surface area (Å²) in [6, 6.07) is 7.77. The van der Waals surface area contributed by atoms with Crippen molar-refractivity contribution in [3.63, 3.8) is 0 Å². The number of thiophene rings is 1. The smallest absolute Gasteiger partial charge is 0.425 e. The van der Waals surface area contributed by atoms with Gasteiger partial charge in [0.25, 0.3) is 0 Å². The number of carbonyl (C=O) groups is 1. The summed E-state index contributed by atoms with van der Waals surface area (Å²) in [4.78, 5) is 9.74. The molecule has 1 aromatic carbocycles. The first kappa shape index (κ1) is 14.4. The SMILES string of the molecule is Cc1ccccc1Nc1cc(C(F)(F)F)sc1C(=O)O. The van der Waals surface area contributed by atoms with E-state index in [0.717, 1.165) is 11.6 Å². The molecule has 0 radical (unpaired) electrons. The first-order valence-corrected chi connectivity index (χ1v) is 6.37. The predicted octanol–water partition coefficient (Wildman–Crippen LogP) is 4.52. The summed E-state index contributed by atoms with van der Waals surface area (Å²) < 4.78 is 38.0. The second kappa shape index (κ2) is 5.16. The third-order valence-corrected chi connectivity index (χ3v) is 3.79. The topological polar surface area (TPSA) is 49.3 Å². The van der Waals surface area contributed by atoms with Crippen LogP contribution in [0.25, 0.3) is 0 Å². The van der Waals surface area contributed by atoms with E-state index in [1.54, 1.807) is 31.2 Å². The third kappa shape index (κ3) is 2.93. The van der Waals surface area contributed by atoms with Gasteiger partial charge in [0.05, 0.1) is 5.69 Å². The van der Waals surface area contributed by atoms with Crippen LogP contribution in [0, 0.1) is 6.92 Å². The molecular formula is C13H10F3NO2S. The molecule has 1 aromatic heterocycles. The molecule has 0 saturated heterocycles. The van der Waals surface area contributed by atoms with Crippen molar-refractivity contribution in [2.75, 3.05) is 5.32 Å². The van der Waals surface area contributed by atoms with Gasteiger partial charge in [0.15, 0.2) is 0 Å². The predicted molar refractivity (Wildman–Crippen MR) is 70.7 cm³/mol. The number of aromatic carboxylic acids is 1. The summed E-state index contributed by atoms with van der Waals surface area (Å²) in [5.74, 6) is -1.39. The van der Waals surface area contributed by atoms with Gasteiger partial charge in [-0.05, 0) is 24.6 Å². The van der Waals surface area contributed by atoms with Gasteiger partial charge < -0.3 is 10.4 Å². The Labute approximate surface area is 116 Å². The maximum absolute atomic E-state index is 12.7. The van der Waals surface area contributed by atoms with Gasteiger partial charge in [-0.1, -0.05) is 18.2 Å². The third-order valence-electron chi connectivity index (χ3n) is 2.62. The van der Waals surface area contributed by atoms with Gasteiger partial charge in [-0.3, -0.25) is 0 Å². The van der Waals surface area contributed by atoms with Crippen LogP contribution < -0.4 is 5.32 Å². The number of halogens is 3. The molecule has 2 N–H and O–H groups in total. The lowest BCUT2D eigenvalue weighted by atomic mass is 10.2. The molecular weight excluding hydrogens is 291 g/mol. The summed E-state index contributed by atoms with van der Waals surface area (Å²) in [7, 11) is 0.